The number of hydrogen-bond acceptors (Lipinski definition) is 2. The molecule has 0 saturated heterocycles. The van der Waals surface area contributed by atoms with Crippen LogP contribution >= 0.6 is 0 Å². The Bertz CT molecular complexity index is 704. The van der Waals surface area contributed by atoms with Gasteiger partial charge in [-0.25, -0.2) is 4.79 Å². The second-order valence-electron chi connectivity index (χ2n) is 5.95. The molecule has 24 heavy (non-hydrogen) atoms. The first kappa shape index (κ1) is 18.2. The van der Waals surface area contributed by atoms with Crippen LogP contribution in [0.25, 0.3) is 0 Å². The molecule has 2 amide bonds. The number of carbonyl (C=O) groups excluding carboxylic acids is 1. The van der Waals surface area contributed by atoms with Crippen LogP contribution in [-0.4, -0.2) is 40.2 Å². The number of nitrogens with one attached hydrogen (secondary N) is 1. The Morgan fingerprint density at radius 2 is 1.75 bits per heavy atom. The fraction of sp³-hybridized carbons (Fsp3) is 0.316. The molecule has 0 aliphatic heterocycles. The molecule has 4 nitrogen and oxygen atoms in total. The van der Waals surface area contributed by atoms with Crippen molar-refractivity contribution in [3.8, 4) is 0 Å². The standard InChI is InChI=1S/C19H24N2O2S/c1-15(14-24(3)23)21(2)19(22)20-18-12-8-7-11-17(18)13-16-9-5-4-6-10-16/h4-12,15H,13-14H2,1-3H3,(H,20,22). The fourth-order valence-corrected chi connectivity index (χ4v) is 3.37. The normalized spacial score (nSPS) is 13.1. The number of benzene rings is 2. The Balaban J connectivity index is 2.09. The average molecular weight is 344 g/mol. The van der Waals surface area contributed by atoms with Gasteiger partial charge in [-0.1, -0.05) is 48.5 Å². The van der Waals surface area contributed by atoms with Crippen LogP contribution in [0.3, 0.4) is 0 Å². The van der Waals surface area contributed by atoms with Gasteiger partial charge in [0, 0.05) is 41.6 Å². The SMILES string of the molecule is CC(CS(C)=O)N(C)C(=O)Nc1ccccc1Cc1ccccc1. The predicted octanol–water partition coefficient (Wildman–Crippen LogP) is 3.51. The van der Waals surface area contributed by atoms with E-state index in [1.165, 1.54) is 5.56 Å². The van der Waals surface area contributed by atoms with Gasteiger partial charge >= 0.3 is 6.03 Å². The van der Waals surface area contributed by atoms with E-state index in [1.54, 1.807) is 18.2 Å². The summed E-state index contributed by atoms with van der Waals surface area (Å²) in [7, 11) is 0.797. The van der Waals surface area contributed by atoms with Crippen molar-refractivity contribution < 1.29 is 9.00 Å². The predicted molar refractivity (Wildman–Crippen MR) is 101 cm³/mol. The van der Waals surface area contributed by atoms with Crippen LogP contribution in [-0.2, 0) is 17.2 Å². The van der Waals surface area contributed by atoms with E-state index < -0.39 is 10.8 Å². The molecule has 0 aliphatic rings. The molecule has 0 heterocycles. The van der Waals surface area contributed by atoms with E-state index >= 15 is 0 Å². The lowest BCUT2D eigenvalue weighted by Gasteiger charge is -2.25. The van der Waals surface area contributed by atoms with Crippen LogP contribution in [0.2, 0.25) is 0 Å². The molecular weight excluding hydrogens is 320 g/mol. The van der Waals surface area contributed by atoms with Crippen LogP contribution in [0.5, 0.6) is 0 Å². The fourth-order valence-electron chi connectivity index (χ4n) is 2.47. The van der Waals surface area contributed by atoms with Crippen LogP contribution in [0, 0.1) is 0 Å². The van der Waals surface area contributed by atoms with E-state index in [2.05, 4.69) is 17.4 Å². The lowest BCUT2D eigenvalue weighted by atomic mass is 10.0. The van der Waals surface area contributed by atoms with Gasteiger partial charge in [-0.15, -0.1) is 0 Å². The average Bonchev–Trinajstić information content (AvgIpc) is 2.56. The topological polar surface area (TPSA) is 49.4 Å². The molecule has 2 aromatic rings. The Morgan fingerprint density at radius 3 is 2.42 bits per heavy atom. The third-order valence-corrected chi connectivity index (χ3v) is 4.91. The maximum atomic E-state index is 12.5. The van der Waals surface area contributed by atoms with Gasteiger partial charge in [0.1, 0.15) is 0 Å². The van der Waals surface area contributed by atoms with E-state index in [4.69, 9.17) is 0 Å². The summed E-state index contributed by atoms with van der Waals surface area (Å²) in [5.74, 6) is 0.468. The van der Waals surface area contributed by atoms with Crippen LogP contribution < -0.4 is 5.32 Å². The van der Waals surface area contributed by atoms with Gasteiger partial charge in [0.2, 0.25) is 0 Å². The molecule has 0 bridgehead atoms. The first-order valence-electron chi connectivity index (χ1n) is 7.93. The van der Waals surface area contributed by atoms with Crippen LogP contribution in [0.4, 0.5) is 10.5 Å². The van der Waals surface area contributed by atoms with Crippen LogP contribution in [0.1, 0.15) is 18.1 Å². The molecule has 0 spiro atoms. The number of anilines is 1. The van der Waals surface area contributed by atoms with Crippen molar-refractivity contribution in [3.05, 3.63) is 65.7 Å². The van der Waals surface area contributed by atoms with E-state index in [9.17, 15) is 9.00 Å². The van der Waals surface area contributed by atoms with Gasteiger partial charge < -0.3 is 10.2 Å². The molecule has 2 unspecified atom stereocenters. The van der Waals surface area contributed by atoms with Gasteiger partial charge in [-0.3, -0.25) is 4.21 Å². The van der Waals surface area contributed by atoms with Gasteiger partial charge in [0.15, 0.2) is 0 Å². The number of rotatable bonds is 6. The van der Waals surface area contributed by atoms with Gasteiger partial charge in [0.25, 0.3) is 0 Å². The number of para-hydroxylation sites is 1. The Hall–Kier alpha value is -2.14. The Labute approximate surface area is 146 Å². The van der Waals surface area contributed by atoms with E-state index in [1.807, 2.05) is 49.4 Å². The van der Waals surface area contributed by atoms with Crippen molar-refractivity contribution in [3.63, 3.8) is 0 Å². The highest BCUT2D eigenvalue weighted by molar-refractivity contribution is 7.84. The molecule has 2 aromatic carbocycles. The summed E-state index contributed by atoms with van der Waals surface area (Å²) in [6.45, 7) is 1.90. The number of carbonyl (C=O) groups is 1. The summed E-state index contributed by atoms with van der Waals surface area (Å²) < 4.78 is 11.3. The molecule has 0 saturated carbocycles. The van der Waals surface area contributed by atoms with Gasteiger partial charge in [-0.05, 0) is 30.5 Å². The quantitative estimate of drug-likeness (QED) is 0.872. The smallest absolute Gasteiger partial charge is 0.321 e. The minimum Gasteiger partial charge on any atom is -0.324 e. The second-order valence-corrected chi connectivity index (χ2v) is 7.43. The molecule has 0 fully saturated rings. The maximum Gasteiger partial charge on any atom is 0.321 e. The lowest BCUT2D eigenvalue weighted by molar-refractivity contribution is 0.212. The zero-order valence-corrected chi connectivity index (χ0v) is 15.2. The lowest BCUT2D eigenvalue weighted by Crippen LogP contribution is -2.41. The minimum absolute atomic E-state index is 0.0860. The summed E-state index contributed by atoms with van der Waals surface area (Å²) in [5, 5.41) is 2.97. The third-order valence-electron chi connectivity index (χ3n) is 3.95. The summed E-state index contributed by atoms with van der Waals surface area (Å²) in [5.41, 5.74) is 3.07. The molecule has 2 rings (SSSR count). The zero-order valence-electron chi connectivity index (χ0n) is 14.4. The molecule has 0 aliphatic carbocycles. The number of nitrogens with zero attached hydrogens (tertiary/aromatic N) is 1. The zero-order chi connectivity index (χ0) is 17.5. The molecular formula is C19H24N2O2S. The Kier molecular flexibility index (Phi) is 6.55. The monoisotopic (exact) mass is 344 g/mol. The van der Waals surface area contributed by atoms with Crippen molar-refractivity contribution in [1.29, 1.82) is 0 Å². The van der Waals surface area contributed by atoms with Crippen LogP contribution in [0.15, 0.2) is 54.6 Å². The van der Waals surface area contributed by atoms with E-state index in [0.29, 0.717) is 5.75 Å². The minimum atomic E-state index is -0.932. The third kappa shape index (κ3) is 5.20. The van der Waals surface area contributed by atoms with E-state index in [-0.39, 0.29) is 12.1 Å². The number of hydrogen-bond donors (Lipinski definition) is 1. The second kappa shape index (κ2) is 8.64. The molecule has 2 atom stereocenters. The van der Waals surface area contributed by atoms with Crippen molar-refractivity contribution in [2.45, 2.75) is 19.4 Å². The summed E-state index contributed by atoms with van der Waals surface area (Å²) in [6, 6.07) is 17.7. The molecule has 5 heteroatoms. The van der Waals surface area contributed by atoms with Crippen molar-refractivity contribution in [1.82, 2.24) is 4.90 Å². The molecule has 128 valence electrons. The highest BCUT2D eigenvalue weighted by Gasteiger charge is 2.17. The molecule has 0 aromatic heterocycles. The van der Waals surface area contributed by atoms with Gasteiger partial charge in [0.05, 0.1) is 0 Å². The summed E-state index contributed by atoms with van der Waals surface area (Å²) in [6.07, 6.45) is 2.41. The largest absolute Gasteiger partial charge is 0.324 e. The molecule has 0 radical (unpaired) electrons. The number of urea groups is 1. The van der Waals surface area contributed by atoms with Crippen molar-refractivity contribution in [2.75, 3.05) is 24.4 Å². The highest BCUT2D eigenvalue weighted by Crippen LogP contribution is 2.19. The summed E-state index contributed by atoms with van der Waals surface area (Å²) in [4.78, 5) is 14.1. The number of amides is 2. The summed E-state index contributed by atoms with van der Waals surface area (Å²) >= 11 is 0. The van der Waals surface area contributed by atoms with Crippen molar-refractivity contribution >= 4 is 22.5 Å². The molecule has 1 N–H and O–H groups in total. The maximum absolute atomic E-state index is 12.5. The van der Waals surface area contributed by atoms with Crippen molar-refractivity contribution in [2.24, 2.45) is 0 Å². The Morgan fingerprint density at radius 1 is 1.12 bits per heavy atom. The first-order chi connectivity index (χ1) is 11.5. The highest BCUT2D eigenvalue weighted by atomic mass is 32.2. The van der Waals surface area contributed by atoms with E-state index in [0.717, 1.165) is 17.7 Å². The van der Waals surface area contributed by atoms with Gasteiger partial charge in [-0.2, -0.15) is 0 Å². The first-order valence-corrected chi connectivity index (χ1v) is 9.65.